The number of nitrogens with one attached hydrogen (secondary N) is 2. The van der Waals surface area contributed by atoms with E-state index >= 15 is 0 Å². The maximum atomic E-state index is 11.9. The first-order valence-corrected chi connectivity index (χ1v) is 5.78. The van der Waals surface area contributed by atoms with Crippen LogP contribution in [0.3, 0.4) is 0 Å². The molecule has 20 heavy (non-hydrogen) atoms. The zero-order valence-electron chi connectivity index (χ0n) is 10.7. The molecular formula is C14H12N2O4. The molecular weight excluding hydrogens is 260 g/mol. The topological polar surface area (TPSA) is 88.3 Å². The zero-order chi connectivity index (χ0) is 14.5. The number of hydrogen-bond donors (Lipinski definition) is 2. The number of ether oxygens (including phenoxy) is 1. The molecule has 6 nitrogen and oxygen atoms in total. The Morgan fingerprint density at radius 1 is 1.15 bits per heavy atom. The molecule has 102 valence electrons. The molecule has 1 amide bonds. The Balaban J connectivity index is 2.17. The molecule has 0 saturated carbocycles. The minimum atomic E-state index is -0.481. The number of aromatic amines is 1. The number of H-pyrrole nitrogens is 1. The summed E-state index contributed by atoms with van der Waals surface area (Å²) in [6.07, 6.45) is 1.32. The minimum absolute atomic E-state index is 0.283. The minimum Gasteiger partial charge on any atom is -0.465 e. The second kappa shape index (κ2) is 5.83. The fraction of sp³-hybridized carbons (Fsp3) is 0.0714. The van der Waals surface area contributed by atoms with E-state index in [1.807, 2.05) is 0 Å². The van der Waals surface area contributed by atoms with Crippen molar-refractivity contribution in [2.24, 2.45) is 0 Å². The Labute approximate surface area is 114 Å². The Hall–Kier alpha value is -2.89. The predicted molar refractivity (Wildman–Crippen MR) is 72.8 cm³/mol. The highest BCUT2D eigenvalue weighted by atomic mass is 16.5. The van der Waals surface area contributed by atoms with Crippen molar-refractivity contribution >= 4 is 17.6 Å². The summed E-state index contributed by atoms with van der Waals surface area (Å²) in [7, 11) is 1.29. The average Bonchev–Trinajstić information content (AvgIpc) is 2.47. The van der Waals surface area contributed by atoms with Crippen molar-refractivity contribution in [3.8, 4) is 0 Å². The monoisotopic (exact) mass is 272 g/mol. The van der Waals surface area contributed by atoms with E-state index in [1.54, 1.807) is 18.2 Å². The van der Waals surface area contributed by atoms with Crippen LogP contribution in [0.4, 0.5) is 5.69 Å². The highest BCUT2D eigenvalue weighted by Crippen LogP contribution is 2.12. The lowest BCUT2D eigenvalue weighted by Crippen LogP contribution is -2.15. The van der Waals surface area contributed by atoms with E-state index in [-0.39, 0.29) is 11.5 Å². The van der Waals surface area contributed by atoms with Gasteiger partial charge in [-0.3, -0.25) is 9.59 Å². The highest BCUT2D eigenvalue weighted by molar-refractivity contribution is 6.04. The summed E-state index contributed by atoms with van der Waals surface area (Å²) in [6.45, 7) is 0. The van der Waals surface area contributed by atoms with Crippen molar-refractivity contribution in [1.29, 1.82) is 0 Å². The molecule has 0 unspecified atom stereocenters. The van der Waals surface area contributed by atoms with Crippen molar-refractivity contribution < 1.29 is 14.3 Å². The van der Waals surface area contributed by atoms with Gasteiger partial charge in [-0.25, -0.2) is 4.79 Å². The molecule has 0 fully saturated rings. The average molecular weight is 272 g/mol. The van der Waals surface area contributed by atoms with Crippen LogP contribution in [0.25, 0.3) is 0 Å². The number of carbonyl (C=O) groups excluding carboxylic acids is 2. The van der Waals surface area contributed by atoms with Gasteiger partial charge in [-0.1, -0.05) is 6.07 Å². The Kier molecular flexibility index (Phi) is 3.95. The van der Waals surface area contributed by atoms with Crippen LogP contribution in [0.15, 0.2) is 47.4 Å². The van der Waals surface area contributed by atoms with E-state index in [0.29, 0.717) is 16.8 Å². The molecule has 2 N–H and O–H groups in total. The summed E-state index contributed by atoms with van der Waals surface area (Å²) < 4.78 is 4.60. The summed E-state index contributed by atoms with van der Waals surface area (Å²) in [4.78, 5) is 36.6. The molecule has 0 saturated heterocycles. The van der Waals surface area contributed by atoms with E-state index in [0.717, 1.165) is 0 Å². The molecule has 2 rings (SSSR count). The van der Waals surface area contributed by atoms with Crippen molar-refractivity contribution in [3.05, 3.63) is 64.1 Å². The van der Waals surface area contributed by atoms with E-state index in [4.69, 9.17) is 0 Å². The molecule has 0 spiro atoms. The number of rotatable bonds is 3. The maximum absolute atomic E-state index is 11.9. The molecule has 0 atom stereocenters. The SMILES string of the molecule is COC(=O)c1cccc(NC(=O)c2ccc(=O)[nH]c2)c1. The van der Waals surface area contributed by atoms with Crippen molar-refractivity contribution in [2.75, 3.05) is 12.4 Å². The molecule has 6 heteroatoms. The number of pyridine rings is 1. The molecule has 0 aliphatic heterocycles. The van der Waals surface area contributed by atoms with Crippen molar-refractivity contribution in [2.45, 2.75) is 0 Å². The van der Waals surface area contributed by atoms with Gasteiger partial charge < -0.3 is 15.0 Å². The maximum Gasteiger partial charge on any atom is 0.337 e. The van der Waals surface area contributed by atoms with Crippen LogP contribution in [-0.4, -0.2) is 24.0 Å². The van der Waals surface area contributed by atoms with Crippen LogP contribution >= 0.6 is 0 Å². The zero-order valence-corrected chi connectivity index (χ0v) is 10.7. The first kappa shape index (κ1) is 13.5. The summed E-state index contributed by atoms with van der Waals surface area (Å²) in [5.41, 5.74) is 0.832. The normalized spacial score (nSPS) is 9.85. The van der Waals surface area contributed by atoms with Gasteiger partial charge in [0.2, 0.25) is 5.56 Å². The number of methoxy groups -OCH3 is 1. The number of esters is 1. The van der Waals surface area contributed by atoms with Gasteiger partial charge in [-0.2, -0.15) is 0 Å². The lowest BCUT2D eigenvalue weighted by atomic mass is 10.2. The van der Waals surface area contributed by atoms with Crippen LogP contribution in [0, 0.1) is 0 Å². The Morgan fingerprint density at radius 2 is 1.95 bits per heavy atom. The number of hydrogen-bond acceptors (Lipinski definition) is 4. The van der Waals surface area contributed by atoms with Gasteiger partial charge in [0.15, 0.2) is 0 Å². The quantitative estimate of drug-likeness (QED) is 0.827. The van der Waals surface area contributed by atoms with E-state index < -0.39 is 5.97 Å². The third kappa shape index (κ3) is 3.11. The molecule has 0 radical (unpaired) electrons. The van der Waals surface area contributed by atoms with Gasteiger partial charge in [0.05, 0.1) is 18.2 Å². The largest absolute Gasteiger partial charge is 0.465 e. The van der Waals surface area contributed by atoms with E-state index in [1.165, 1.54) is 31.5 Å². The highest BCUT2D eigenvalue weighted by Gasteiger charge is 2.09. The molecule has 0 bridgehead atoms. The van der Waals surface area contributed by atoms with Crippen LogP contribution in [0.5, 0.6) is 0 Å². The number of amides is 1. The lowest BCUT2D eigenvalue weighted by molar-refractivity contribution is 0.0600. The second-order valence-corrected chi connectivity index (χ2v) is 3.97. The van der Waals surface area contributed by atoms with Gasteiger partial charge in [-0.05, 0) is 24.3 Å². The molecule has 1 heterocycles. The van der Waals surface area contributed by atoms with Gasteiger partial charge >= 0.3 is 5.97 Å². The molecule has 2 aromatic rings. The predicted octanol–water partition coefficient (Wildman–Crippen LogP) is 1.41. The van der Waals surface area contributed by atoms with Crippen LogP contribution in [0.1, 0.15) is 20.7 Å². The summed E-state index contributed by atoms with van der Waals surface area (Å²) in [5, 5.41) is 2.63. The molecule has 0 aliphatic carbocycles. The first-order chi connectivity index (χ1) is 9.60. The standard InChI is InChI=1S/C14H12N2O4/c1-20-14(19)9-3-2-4-11(7-9)16-13(18)10-5-6-12(17)15-8-10/h2-8H,1H3,(H,15,17)(H,16,18). The Bertz CT molecular complexity index is 686. The van der Waals surface area contributed by atoms with Gasteiger partial charge in [0.1, 0.15) is 0 Å². The van der Waals surface area contributed by atoms with E-state index in [2.05, 4.69) is 15.0 Å². The second-order valence-electron chi connectivity index (χ2n) is 3.97. The number of anilines is 1. The fourth-order valence-electron chi connectivity index (χ4n) is 1.60. The van der Waals surface area contributed by atoms with Crippen molar-refractivity contribution in [1.82, 2.24) is 4.98 Å². The lowest BCUT2D eigenvalue weighted by Gasteiger charge is -2.06. The summed E-state index contributed by atoms with van der Waals surface area (Å²) in [5.74, 6) is -0.867. The van der Waals surface area contributed by atoms with Crippen LogP contribution in [-0.2, 0) is 4.74 Å². The van der Waals surface area contributed by atoms with E-state index in [9.17, 15) is 14.4 Å². The number of aromatic nitrogens is 1. The molecule has 1 aromatic carbocycles. The third-order valence-corrected chi connectivity index (χ3v) is 2.59. The van der Waals surface area contributed by atoms with Gasteiger partial charge in [0.25, 0.3) is 5.91 Å². The number of benzene rings is 1. The molecule has 1 aromatic heterocycles. The van der Waals surface area contributed by atoms with Gasteiger partial charge in [0, 0.05) is 18.0 Å². The number of carbonyl (C=O) groups is 2. The third-order valence-electron chi connectivity index (χ3n) is 2.59. The van der Waals surface area contributed by atoms with Crippen LogP contribution < -0.4 is 10.9 Å². The first-order valence-electron chi connectivity index (χ1n) is 5.78. The summed E-state index contributed by atoms with van der Waals surface area (Å²) in [6, 6.07) is 9.06. The smallest absolute Gasteiger partial charge is 0.337 e. The summed E-state index contributed by atoms with van der Waals surface area (Å²) >= 11 is 0. The van der Waals surface area contributed by atoms with Crippen molar-refractivity contribution in [3.63, 3.8) is 0 Å². The van der Waals surface area contributed by atoms with Crippen LogP contribution in [0.2, 0.25) is 0 Å². The Morgan fingerprint density at radius 3 is 2.60 bits per heavy atom. The van der Waals surface area contributed by atoms with Gasteiger partial charge in [-0.15, -0.1) is 0 Å². The molecule has 0 aliphatic rings. The fourth-order valence-corrected chi connectivity index (χ4v) is 1.60.